The van der Waals surface area contributed by atoms with E-state index in [2.05, 4.69) is 15.1 Å². The molecule has 1 saturated carbocycles. The van der Waals surface area contributed by atoms with E-state index in [1.54, 1.807) is 26.0 Å². The Kier molecular flexibility index (Phi) is 8.11. The van der Waals surface area contributed by atoms with Crippen LogP contribution in [0.25, 0.3) is 11.1 Å². The van der Waals surface area contributed by atoms with E-state index in [-0.39, 0.29) is 22.8 Å². The van der Waals surface area contributed by atoms with Crippen LogP contribution in [0.1, 0.15) is 62.5 Å². The highest BCUT2D eigenvalue weighted by molar-refractivity contribution is 7.89. The summed E-state index contributed by atoms with van der Waals surface area (Å²) in [4.78, 5) is 13.3. The zero-order chi connectivity index (χ0) is 27.7. The summed E-state index contributed by atoms with van der Waals surface area (Å²) < 4.78 is 30.8. The minimum atomic E-state index is -3.69. The molecule has 4 rings (SSSR count). The van der Waals surface area contributed by atoms with E-state index in [4.69, 9.17) is 0 Å². The fourth-order valence-electron chi connectivity index (χ4n) is 5.33. The van der Waals surface area contributed by atoms with Gasteiger partial charge >= 0.3 is 0 Å². The van der Waals surface area contributed by atoms with E-state index in [0.29, 0.717) is 25.7 Å². The van der Waals surface area contributed by atoms with Crippen LogP contribution in [0, 0.1) is 19.8 Å². The van der Waals surface area contributed by atoms with Gasteiger partial charge in [-0.2, -0.15) is 5.10 Å². The standard InChI is InChI=1S/C29H38N4O4S/c1-19-26(20(2)33(5)31-19)21-13-17-25(18-14-21)38(36,37)32-24-15-11-23(12-16-24)28(34)30-27(29(3,4)35)22-9-7-6-8-10-22/h6-10,13-14,17-18,23-24,27,32,35H,11-12,15-16H2,1-5H3,(H,30,34)/t23?,24?,27-/m0/s1. The monoisotopic (exact) mass is 538 g/mol. The lowest BCUT2D eigenvalue weighted by atomic mass is 9.84. The van der Waals surface area contributed by atoms with E-state index in [0.717, 1.165) is 28.1 Å². The van der Waals surface area contributed by atoms with Crippen molar-refractivity contribution in [3.63, 3.8) is 0 Å². The number of nitrogens with zero attached hydrogens (tertiary/aromatic N) is 2. The van der Waals surface area contributed by atoms with Crippen LogP contribution in [0.4, 0.5) is 0 Å². The summed E-state index contributed by atoms with van der Waals surface area (Å²) in [5.74, 6) is -0.339. The number of amides is 1. The van der Waals surface area contributed by atoms with Crippen LogP contribution in [0.3, 0.4) is 0 Å². The molecular weight excluding hydrogens is 500 g/mol. The van der Waals surface area contributed by atoms with Crippen molar-refractivity contribution >= 4 is 15.9 Å². The van der Waals surface area contributed by atoms with Crippen LogP contribution in [-0.2, 0) is 21.9 Å². The largest absolute Gasteiger partial charge is 0.388 e. The van der Waals surface area contributed by atoms with E-state index >= 15 is 0 Å². The summed E-state index contributed by atoms with van der Waals surface area (Å²) in [5, 5.41) is 18.1. The zero-order valence-electron chi connectivity index (χ0n) is 22.7. The van der Waals surface area contributed by atoms with E-state index in [9.17, 15) is 18.3 Å². The second kappa shape index (κ2) is 11.0. The summed E-state index contributed by atoms with van der Waals surface area (Å²) in [6.45, 7) is 7.30. The van der Waals surface area contributed by atoms with E-state index in [1.807, 2.05) is 68.0 Å². The number of rotatable bonds is 8. The Morgan fingerprint density at radius 3 is 2.16 bits per heavy atom. The SMILES string of the molecule is Cc1nn(C)c(C)c1-c1ccc(S(=O)(=O)NC2CCC(C(=O)N[C@@H](c3ccccc3)C(C)(C)O)CC2)cc1. The summed E-state index contributed by atoms with van der Waals surface area (Å²) >= 11 is 0. The Labute approximate surface area is 225 Å². The Balaban J connectivity index is 1.36. The van der Waals surface area contributed by atoms with Gasteiger partial charge in [-0.1, -0.05) is 42.5 Å². The average molecular weight is 539 g/mol. The molecule has 2 aromatic carbocycles. The first-order valence-corrected chi connectivity index (χ1v) is 14.6. The molecule has 9 heteroatoms. The van der Waals surface area contributed by atoms with E-state index < -0.39 is 21.7 Å². The molecule has 8 nitrogen and oxygen atoms in total. The Morgan fingerprint density at radius 2 is 1.63 bits per heavy atom. The number of carbonyl (C=O) groups is 1. The summed E-state index contributed by atoms with van der Waals surface area (Å²) in [7, 11) is -1.80. The third-order valence-electron chi connectivity index (χ3n) is 7.51. The first-order valence-electron chi connectivity index (χ1n) is 13.1. The van der Waals surface area contributed by atoms with E-state index in [1.165, 1.54) is 0 Å². The van der Waals surface area contributed by atoms with Gasteiger partial charge in [0.15, 0.2) is 0 Å². The Hall–Kier alpha value is -3.01. The Bertz CT molecular complexity index is 1370. The molecule has 1 aliphatic rings. The lowest BCUT2D eigenvalue weighted by Crippen LogP contribution is -2.46. The highest BCUT2D eigenvalue weighted by atomic mass is 32.2. The van der Waals surface area contributed by atoms with Crippen LogP contribution in [-0.4, -0.2) is 40.9 Å². The topological polar surface area (TPSA) is 113 Å². The molecule has 0 saturated heterocycles. The highest BCUT2D eigenvalue weighted by Crippen LogP contribution is 2.31. The van der Waals surface area contributed by atoms with Gasteiger partial charge in [-0.3, -0.25) is 9.48 Å². The average Bonchev–Trinajstić information content (AvgIpc) is 3.13. The Morgan fingerprint density at radius 1 is 1.03 bits per heavy atom. The van der Waals surface area contributed by atoms with Crippen molar-refractivity contribution in [2.45, 2.75) is 76.0 Å². The molecule has 1 fully saturated rings. The van der Waals surface area contributed by atoms with Crippen molar-refractivity contribution < 1.29 is 18.3 Å². The zero-order valence-corrected chi connectivity index (χ0v) is 23.5. The maximum atomic E-state index is 13.1. The second-order valence-electron chi connectivity index (χ2n) is 10.9. The molecule has 0 aliphatic heterocycles. The lowest BCUT2D eigenvalue weighted by Gasteiger charge is -2.34. The van der Waals surface area contributed by atoms with Gasteiger partial charge in [-0.15, -0.1) is 0 Å². The van der Waals surface area contributed by atoms with Crippen molar-refractivity contribution in [2.24, 2.45) is 13.0 Å². The lowest BCUT2D eigenvalue weighted by molar-refractivity contribution is -0.128. The van der Waals surface area contributed by atoms with Crippen LogP contribution in [0.5, 0.6) is 0 Å². The molecule has 1 aromatic heterocycles. The van der Waals surface area contributed by atoms with Gasteiger partial charge in [0, 0.05) is 30.3 Å². The number of aryl methyl sites for hydroxylation is 2. The van der Waals surface area contributed by atoms with Crippen LogP contribution in [0.2, 0.25) is 0 Å². The molecular formula is C29H38N4O4S. The van der Waals surface area contributed by atoms with Crippen LogP contribution in [0.15, 0.2) is 59.5 Å². The number of aromatic nitrogens is 2. The van der Waals surface area contributed by atoms with Gasteiger partial charge in [-0.25, -0.2) is 13.1 Å². The quantitative estimate of drug-likeness (QED) is 0.398. The molecule has 1 heterocycles. The van der Waals surface area contributed by atoms with Gasteiger partial charge in [-0.05, 0) is 76.6 Å². The van der Waals surface area contributed by atoms with Crippen molar-refractivity contribution in [1.29, 1.82) is 0 Å². The summed E-state index contributed by atoms with van der Waals surface area (Å²) in [5.41, 5.74) is 3.58. The molecule has 0 radical (unpaired) electrons. The van der Waals surface area contributed by atoms with Crippen molar-refractivity contribution in [3.8, 4) is 11.1 Å². The van der Waals surface area contributed by atoms with Gasteiger partial charge in [0.2, 0.25) is 15.9 Å². The first-order chi connectivity index (χ1) is 17.9. The predicted molar refractivity (Wildman–Crippen MR) is 148 cm³/mol. The third-order valence-corrected chi connectivity index (χ3v) is 9.04. The van der Waals surface area contributed by atoms with Crippen LogP contribution < -0.4 is 10.0 Å². The van der Waals surface area contributed by atoms with Crippen molar-refractivity contribution in [1.82, 2.24) is 19.8 Å². The molecule has 1 aliphatic carbocycles. The molecule has 3 N–H and O–H groups in total. The minimum Gasteiger partial charge on any atom is -0.388 e. The maximum Gasteiger partial charge on any atom is 0.240 e. The number of sulfonamides is 1. The number of hydrogen-bond acceptors (Lipinski definition) is 5. The summed E-state index contributed by atoms with van der Waals surface area (Å²) in [6, 6.07) is 15.6. The normalized spacial score (nSPS) is 19.2. The molecule has 1 amide bonds. The van der Waals surface area contributed by atoms with Crippen molar-refractivity contribution in [3.05, 3.63) is 71.5 Å². The molecule has 3 aromatic rings. The number of benzene rings is 2. The molecule has 0 spiro atoms. The highest BCUT2D eigenvalue weighted by Gasteiger charge is 2.34. The third kappa shape index (κ3) is 6.17. The number of carbonyl (C=O) groups excluding carboxylic acids is 1. The van der Waals surface area contributed by atoms with Gasteiger partial charge in [0.1, 0.15) is 0 Å². The van der Waals surface area contributed by atoms with Gasteiger partial charge in [0.05, 0.1) is 22.2 Å². The summed E-state index contributed by atoms with van der Waals surface area (Å²) in [6.07, 6.45) is 2.29. The second-order valence-corrected chi connectivity index (χ2v) is 12.6. The number of nitrogens with one attached hydrogen (secondary N) is 2. The van der Waals surface area contributed by atoms with Gasteiger partial charge in [0.25, 0.3) is 0 Å². The molecule has 0 unspecified atom stereocenters. The smallest absolute Gasteiger partial charge is 0.240 e. The first kappa shape index (κ1) is 28.0. The molecule has 38 heavy (non-hydrogen) atoms. The molecule has 1 atom stereocenters. The minimum absolute atomic E-state index is 0.112. The fraction of sp³-hybridized carbons (Fsp3) is 0.448. The maximum absolute atomic E-state index is 13.1. The molecule has 0 bridgehead atoms. The molecule has 204 valence electrons. The van der Waals surface area contributed by atoms with Gasteiger partial charge < -0.3 is 10.4 Å². The fourth-order valence-corrected chi connectivity index (χ4v) is 6.63. The van der Waals surface area contributed by atoms with Crippen molar-refractivity contribution in [2.75, 3.05) is 0 Å². The number of hydrogen-bond donors (Lipinski definition) is 3. The predicted octanol–water partition coefficient (Wildman–Crippen LogP) is 4.17. The number of aliphatic hydroxyl groups is 1. The van der Waals surface area contributed by atoms with Crippen LogP contribution >= 0.6 is 0 Å².